The fourth-order valence-electron chi connectivity index (χ4n) is 12.5. The molecule has 1 fully saturated rings. The number of aromatic nitrogens is 1. The van der Waals surface area contributed by atoms with E-state index in [1.807, 2.05) is 6.07 Å². The van der Waals surface area contributed by atoms with Crippen molar-refractivity contribution in [3.8, 4) is 33.4 Å². The molecular formula is C62H42N4O. The molecule has 1 saturated heterocycles. The molecule has 15 rings (SSSR count). The molecule has 0 saturated carbocycles. The third-order valence-electron chi connectivity index (χ3n) is 15.2. The minimum absolute atomic E-state index is 0.122. The van der Waals surface area contributed by atoms with Gasteiger partial charge in [0.2, 0.25) is 0 Å². The molecule has 316 valence electrons. The summed E-state index contributed by atoms with van der Waals surface area (Å²) in [6.45, 7) is 0. The second-order valence-corrected chi connectivity index (χ2v) is 18.5. The average molecular weight is 859 g/mol. The monoisotopic (exact) mass is 858 g/mol. The van der Waals surface area contributed by atoms with Crippen molar-refractivity contribution in [3.63, 3.8) is 0 Å². The topological polar surface area (TPSA) is 45.7 Å². The highest BCUT2D eigenvalue weighted by molar-refractivity contribution is 6.13. The van der Waals surface area contributed by atoms with Crippen LogP contribution in [0.2, 0.25) is 0 Å². The van der Waals surface area contributed by atoms with Gasteiger partial charge in [0.1, 0.15) is 17.3 Å². The average Bonchev–Trinajstić information content (AvgIpc) is 4.06. The van der Waals surface area contributed by atoms with Gasteiger partial charge in [-0.15, -0.1) is 0 Å². The number of para-hydroxylation sites is 3. The van der Waals surface area contributed by atoms with E-state index in [0.717, 1.165) is 44.6 Å². The molecule has 67 heavy (non-hydrogen) atoms. The number of benzene rings is 8. The third kappa shape index (κ3) is 5.28. The molecule has 8 aromatic carbocycles. The van der Waals surface area contributed by atoms with E-state index in [1.165, 1.54) is 72.4 Å². The van der Waals surface area contributed by atoms with Crippen molar-refractivity contribution in [2.24, 2.45) is 10.9 Å². The maximum absolute atomic E-state index is 6.31. The standard InChI is InChI=1S/C62H42N4O/c1-2-13-37(14-3-1)38-27-29-40(30-28-38)61-62(64-49-22-8-7-21-48(49)63-61)66-51-24-11-20-46-44-16-5-4-15-43(44)45-19-10-23-50-57(45)59-52(35-36-53(66)60(59)58(46)51)65(50)41-33-31-39(32-34-41)42-18-12-26-55-56(42)47-17-6-9-25-54(47)67-55/h1-36,50,52,57,59,62,64H. The van der Waals surface area contributed by atoms with Crippen molar-refractivity contribution in [3.05, 3.63) is 235 Å². The number of nitrogens with one attached hydrogen (secondary N) is 1. The summed E-state index contributed by atoms with van der Waals surface area (Å²) in [4.78, 5) is 8.23. The van der Waals surface area contributed by atoms with E-state index in [9.17, 15) is 0 Å². The van der Waals surface area contributed by atoms with E-state index < -0.39 is 0 Å². The van der Waals surface area contributed by atoms with E-state index >= 15 is 0 Å². The highest BCUT2D eigenvalue weighted by Crippen LogP contribution is 2.60. The van der Waals surface area contributed by atoms with Gasteiger partial charge in [-0.25, -0.2) is 4.99 Å². The molecule has 0 spiro atoms. The van der Waals surface area contributed by atoms with Crippen LogP contribution in [0.3, 0.4) is 0 Å². The summed E-state index contributed by atoms with van der Waals surface area (Å²) in [5.74, 6) is 0.406. The Hall–Kier alpha value is -8.41. The fraction of sp³-hybridized carbons (Fsp3) is 0.0806. The zero-order chi connectivity index (χ0) is 43.7. The summed E-state index contributed by atoms with van der Waals surface area (Å²) in [6, 6.07) is 68.5. The maximum Gasteiger partial charge on any atom is 0.148 e. The zero-order valence-corrected chi connectivity index (χ0v) is 36.4. The molecule has 3 aliphatic carbocycles. The molecule has 4 heterocycles. The van der Waals surface area contributed by atoms with Gasteiger partial charge in [-0.2, -0.15) is 0 Å². The molecular weight excluding hydrogens is 817 g/mol. The van der Waals surface area contributed by atoms with Crippen LogP contribution in [0.5, 0.6) is 0 Å². The van der Waals surface area contributed by atoms with E-state index in [0.29, 0.717) is 0 Å². The summed E-state index contributed by atoms with van der Waals surface area (Å²) in [5, 5.41) is 7.70. The highest BCUT2D eigenvalue weighted by atomic mass is 16.3. The number of rotatable bonds is 5. The Balaban J connectivity index is 0.915. The second kappa shape index (κ2) is 14.0. The first-order chi connectivity index (χ1) is 33.2. The molecule has 5 aliphatic rings. The Labute approximate surface area is 388 Å². The van der Waals surface area contributed by atoms with Crippen molar-refractivity contribution < 1.29 is 4.42 Å². The van der Waals surface area contributed by atoms with Crippen LogP contribution < -0.4 is 10.2 Å². The number of anilines is 2. The largest absolute Gasteiger partial charge is 0.456 e. The van der Waals surface area contributed by atoms with Gasteiger partial charge >= 0.3 is 0 Å². The SMILES string of the molecule is C1=CC2C3C(=C1)c1ccccc1-c1cccc4c1c1c(n4C4Nc5ccccc5N=C4c4ccc(-c5ccccc5)cc4)C=CC(C13)N2c1ccc(-c2cccc3oc4ccccc4c23)cc1. The number of furan rings is 1. The first-order valence-electron chi connectivity index (χ1n) is 23.5. The maximum atomic E-state index is 6.31. The Kier molecular flexibility index (Phi) is 7.73. The molecule has 5 atom stereocenters. The van der Waals surface area contributed by atoms with E-state index in [4.69, 9.17) is 9.41 Å². The Bertz CT molecular complexity index is 3810. The van der Waals surface area contributed by atoms with Crippen molar-refractivity contribution in [1.82, 2.24) is 4.57 Å². The molecule has 10 aromatic rings. The summed E-state index contributed by atoms with van der Waals surface area (Å²) in [6.07, 6.45) is 11.8. The predicted molar refractivity (Wildman–Crippen MR) is 276 cm³/mol. The Morgan fingerprint density at radius 1 is 0.507 bits per heavy atom. The Morgan fingerprint density at radius 3 is 2.09 bits per heavy atom. The molecule has 0 amide bonds. The van der Waals surface area contributed by atoms with Gasteiger partial charge < -0.3 is 19.2 Å². The summed E-state index contributed by atoms with van der Waals surface area (Å²) in [7, 11) is 0. The first-order valence-corrected chi connectivity index (χ1v) is 23.5. The van der Waals surface area contributed by atoms with Crippen LogP contribution in [-0.2, 0) is 0 Å². The summed E-state index contributed by atoms with van der Waals surface area (Å²) < 4.78 is 8.88. The quantitative estimate of drug-likeness (QED) is 0.188. The van der Waals surface area contributed by atoms with Gasteiger partial charge in [0.05, 0.1) is 34.7 Å². The van der Waals surface area contributed by atoms with E-state index in [2.05, 4.69) is 227 Å². The van der Waals surface area contributed by atoms with Crippen LogP contribution in [0.15, 0.2) is 222 Å². The van der Waals surface area contributed by atoms with Crippen LogP contribution in [0.1, 0.15) is 34.5 Å². The number of hydrogen-bond acceptors (Lipinski definition) is 4. The summed E-state index contributed by atoms with van der Waals surface area (Å²) >= 11 is 0. The van der Waals surface area contributed by atoms with Crippen molar-refractivity contribution in [1.29, 1.82) is 0 Å². The van der Waals surface area contributed by atoms with Crippen molar-refractivity contribution >= 4 is 67.3 Å². The second-order valence-electron chi connectivity index (χ2n) is 18.5. The van der Waals surface area contributed by atoms with Gasteiger partial charge in [-0.1, -0.05) is 170 Å². The minimum atomic E-state index is -0.268. The Morgan fingerprint density at radius 2 is 1.19 bits per heavy atom. The van der Waals surface area contributed by atoms with Crippen LogP contribution in [0.25, 0.3) is 77.9 Å². The molecule has 5 unspecified atom stereocenters. The van der Waals surface area contributed by atoms with Gasteiger partial charge in [0.15, 0.2) is 0 Å². The molecule has 0 radical (unpaired) electrons. The normalized spacial score (nSPS) is 20.5. The molecule has 0 bridgehead atoms. The number of hydrogen-bond donors (Lipinski definition) is 1. The van der Waals surface area contributed by atoms with Gasteiger partial charge in [0, 0.05) is 44.9 Å². The lowest BCUT2D eigenvalue weighted by Crippen LogP contribution is -2.37. The fourth-order valence-corrected chi connectivity index (χ4v) is 12.5. The highest BCUT2D eigenvalue weighted by Gasteiger charge is 2.54. The smallest absolute Gasteiger partial charge is 0.148 e. The van der Waals surface area contributed by atoms with Gasteiger partial charge in [-0.05, 0) is 98.6 Å². The number of fused-ring (bicyclic) bond motifs is 7. The zero-order valence-electron chi connectivity index (χ0n) is 36.4. The lowest BCUT2D eigenvalue weighted by Gasteiger charge is -2.34. The number of allylic oxidation sites excluding steroid dienone is 2. The van der Waals surface area contributed by atoms with E-state index in [-0.39, 0.29) is 30.1 Å². The first kappa shape index (κ1) is 36.9. The van der Waals surface area contributed by atoms with Gasteiger partial charge in [0.25, 0.3) is 0 Å². The van der Waals surface area contributed by atoms with Crippen molar-refractivity contribution in [2.45, 2.75) is 24.2 Å². The van der Waals surface area contributed by atoms with Crippen LogP contribution >= 0.6 is 0 Å². The lowest BCUT2D eigenvalue weighted by molar-refractivity contribution is 0.571. The summed E-state index contributed by atoms with van der Waals surface area (Å²) in [5.41, 5.74) is 21.1. The third-order valence-corrected chi connectivity index (χ3v) is 15.2. The molecule has 2 aromatic heterocycles. The van der Waals surface area contributed by atoms with Crippen LogP contribution in [0.4, 0.5) is 17.1 Å². The molecule has 5 nitrogen and oxygen atoms in total. The number of nitrogens with zero attached hydrogens (tertiary/aromatic N) is 3. The van der Waals surface area contributed by atoms with E-state index in [1.54, 1.807) is 0 Å². The van der Waals surface area contributed by atoms with Crippen molar-refractivity contribution in [2.75, 3.05) is 10.2 Å². The molecule has 2 aliphatic heterocycles. The van der Waals surface area contributed by atoms with Gasteiger partial charge in [-0.3, -0.25) is 0 Å². The molecule has 5 heteroatoms. The van der Waals surface area contributed by atoms with Crippen LogP contribution in [0, 0.1) is 5.92 Å². The predicted octanol–water partition coefficient (Wildman–Crippen LogP) is 15.2. The molecule has 1 N–H and O–H groups in total. The lowest BCUT2D eigenvalue weighted by atomic mass is 9.69. The van der Waals surface area contributed by atoms with Crippen LogP contribution in [-0.4, -0.2) is 22.4 Å². The minimum Gasteiger partial charge on any atom is -0.456 e. The number of aliphatic imine (C=N–C) groups is 1.